The number of rotatable bonds is 6. The molecule has 1 aromatic rings. The van der Waals surface area contributed by atoms with Gasteiger partial charge >= 0.3 is 12.0 Å². The van der Waals surface area contributed by atoms with Gasteiger partial charge < -0.3 is 15.7 Å². The Balaban J connectivity index is 2.62. The Bertz CT molecular complexity index is 491. The predicted molar refractivity (Wildman–Crippen MR) is 82.0 cm³/mol. The van der Waals surface area contributed by atoms with Crippen molar-refractivity contribution in [3.05, 3.63) is 28.2 Å². The summed E-state index contributed by atoms with van der Waals surface area (Å²) < 4.78 is 0.790. The topological polar surface area (TPSA) is 78.4 Å². The van der Waals surface area contributed by atoms with Gasteiger partial charge in [-0.15, -0.1) is 0 Å². The fourth-order valence-electron chi connectivity index (χ4n) is 1.85. The molecule has 1 atom stereocenters. The summed E-state index contributed by atoms with van der Waals surface area (Å²) >= 11 is 3.38. The zero-order valence-electron chi connectivity index (χ0n) is 11.6. The van der Waals surface area contributed by atoms with Crippen molar-refractivity contribution >= 4 is 33.6 Å². The van der Waals surface area contributed by atoms with E-state index in [4.69, 9.17) is 5.11 Å². The van der Waals surface area contributed by atoms with Crippen molar-refractivity contribution in [1.29, 1.82) is 0 Å². The van der Waals surface area contributed by atoms with Crippen molar-refractivity contribution in [3.8, 4) is 0 Å². The number of hydrogen-bond acceptors (Lipinski definition) is 2. The van der Waals surface area contributed by atoms with Gasteiger partial charge in [-0.1, -0.05) is 19.4 Å². The van der Waals surface area contributed by atoms with E-state index in [2.05, 4.69) is 26.6 Å². The van der Waals surface area contributed by atoms with E-state index in [1.165, 1.54) is 0 Å². The first-order chi connectivity index (χ1) is 9.42. The number of halogens is 1. The summed E-state index contributed by atoms with van der Waals surface area (Å²) in [6.45, 7) is 3.91. The number of carbonyl (C=O) groups excluding carboxylic acids is 1. The van der Waals surface area contributed by atoms with Crippen molar-refractivity contribution in [2.24, 2.45) is 0 Å². The highest BCUT2D eigenvalue weighted by Gasteiger charge is 2.15. The number of hydrogen-bond donors (Lipinski definition) is 3. The highest BCUT2D eigenvalue weighted by molar-refractivity contribution is 9.10. The summed E-state index contributed by atoms with van der Waals surface area (Å²) in [7, 11) is 0. The molecule has 0 aliphatic rings. The van der Waals surface area contributed by atoms with Gasteiger partial charge in [-0.25, -0.2) is 4.79 Å². The molecule has 0 fully saturated rings. The zero-order chi connectivity index (χ0) is 15.1. The SMILES string of the molecule is CCCC(CC(=O)O)NC(=O)Nc1ccc(C)cc1Br. The van der Waals surface area contributed by atoms with Crippen LogP contribution < -0.4 is 10.6 Å². The van der Waals surface area contributed by atoms with Crippen LogP contribution in [-0.2, 0) is 4.79 Å². The van der Waals surface area contributed by atoms with Gasteiger partial charge in [0, 0.05) is 10.5 Å². The number of carboxylic acids is 1. The van der Waals surface area contributed by atoms with Crippen molar-refractivity contribution < 1.29 is 14.7 Å². The lowest BCUT2D eigenvalue weighted by molar-refractivity contribution is -0.137. The first-order valence-electron chi connectivity index (χ1n) is 6.47. The highest BCUT2D eigenvalue weighted by atomic mass is 79.9. The monoisotopic (exact) mass is 342 g/mol. The number of aliphatic carboxylic acids is 1. The highest BCUT2D eigenvalue weighted by Crippen LogP contribution is 2.23. The van der Waals surface area contributed by atoms with Crippen LogP contribution in [0.4, 0.5) is 10.5 Å². The Morgan fingerprint density at radius 3 is 2.65 bits per heavy atom. The van der Waals surface area contributed by atoms with Crippen LogP contribution in [0.1, 0.15) is 31.7 Å². The van der Waals surface area contributed by atoms with Crippen LogP contribution in [-0.4, -0.2) is 23.1 Å². The van der Waals surface area contributed by atoms with Gasteiger partial charge in [0.1, 0.15) is 0 Å². The van der Waals surface area contributed by atoms with Crippen molar-refractivity contribution in [2.75, 3.05) is 5.32 Å². The van der Waals surface area contributed by atoms with Crippen LogP contribution in [0.3, 0.4) is 0 Å². The number of benzene rings is 1. The molecule has 0 spiro atoms. The molecule has 0 heterocycles. The number of carbonyl (C=O) groups is 2. The van der Waals surface area contributed by atoms with E-state index in [1.54, 1.807) is 6.07 Å². The second-order valence-electron chi connectivity index (χ2n) is 4.67. The molecule has 3 N–H and O–H groups in total. The Morgan fingerprint density at radius 2 is 2.10 bits per heavy atom. The van der Waals surface area contributed by atoms with Crippen molar-refractivity contribution in [3.63, 3.8) is 0 Å². The molecule has 0 saturated carbocycles. The van der Waals surface area contributed by atoms with Gasteiger partial charge in [0.05, 0.1) is 12.1 Å². The lowest BCUT2D eigenvalue weighted by Crippen LogP contribution is -2.39. The molecular formula is C14H19BrN2O3. The molecule has 1 unspecified atom stereocenters. The van der Waals surface area contributed by atoms with Gasteiger partial charge in [-0.2, -0.15) is 0 Å². The lowest BCUT2D eigenvalue weighted by atomic mass is 10.1. The lowest BCUT2D eigenvalue weighted by Gasteiger charge is -2.17. The summed E-state index contributed by atoms with van der Waals surface area (Å²) in [6, 6.07) is 4.83. The smallest absolute Gasteiger partial charge is 0.319 e. The quantitative estimate of drug-likeness (QED) is 0.739. The molecule has 110 valence electrons. The van der Waals surface area contributed by atoms with Gasteiger partial charge in [-0.3, -0.25) is 4.79 Å². The number of aryl methyl sites for hydroxylation is 1. The van der Waals surface area contributed by atoms with Crippen LogP contribution in [0.2, 0.25) is 0 Å². The molecule has 6 heteroatoms. The normalized spacial score (nSPS) is 11.8. The molecule has 1 rings (SSSR count). The van der Waals surface area contributed by atoms with Crippen molar-refractivity contribution in [1.82, 2.24) is 5.32 Å². The van der Waals surface area contributed by atoms with E-state index in [1.807, 2.05) is 26.0 Å². The first-order valence-corrected chi connectivity index (χ1v) is 7.27. The molecule has 0 aliphatic carbocycles. The third-order valence-electron chi connectivity index (χ3n) is 2.77. The minimum atomic E-state index is -0.916. The van der Waals surface area contributed by atoms with E-state index in [0.29, 0.717) is 12.1 Å². The Hall–Kier alpha value is -1.56. The molecule has 2 amide bonds. The maximum absolute atomic E-state index is 11.9. The maximum Gasteiger partial charge on any atom is 0.319 e. The average molecular weight is 343 g/mol. The molecule has 5 nitrogen and oxygen atoms in total. The minimum absolute atomic E-state index is 0.0731. The number of anilines is 1. The average Bonchev–Trinajstić information content (AvgIpc) is 2.32. The Labute approximate surface area is 126 Å². The third kappa shape index (κ3) is 5.61. The molecule has 0 saturated heterocycles. The summed E-state index contributed by atoms with van der Waals surface area (Å²) in [5.41, 5.74) is 1.73. The van der Waals surface area contributed by atoms with E-state index in [0.717, 1.165) is 16.5 Å². The second kappa shape index (κ2) is 7.89. The van der Waals surface area contributed by atoms with Gasteiger partial charge in [-0.05, 0) is 47.0 Å². The third-order valence-corrected chi connectivity index (χ3v) is 3.42. The van der Waals surface area contributed by atoms with E-state index >= 15 is 0 Å². The van der Waals surface area contributed by atoms with Crippen LogP contribution in [0.25, 0.3) is 0 Å². The number of amides is 2. The Kier molecular flexibility index (Phi) is 6.51. The largest absolute Gasteiger partial charge is 0.481 e. The fourth-order valence-corrected chi connectivity index (χ4v) is 2.44. The van der Waals surface area contributed by atoms with Gasteiger partial charge in [0.25, 0.3) is 0 Å². The molecule has 20 heavy (non-hydrogen) atoms. The number of urea groups is 1. The molecular weight excluding hydrogens is 324 g/mol. The summed E-state index contributed by atoms with van der Waals surface area (Å²) in [6.07, 6.45) is 1.37. The number of nitrogens with one attached hydrogen (secondary N) is 2. The first kappa shape index (κ1) is 16.5. The second-order valence-corrected chi connectivity index (χ2v) is 5.52. The predicted octanol–water partition coefficient (Wildman–Crippen LogP) is 3.52. The van der Waals surface area contributed by atoms with Crippen LogP contribution >= 0.6 is 15.9 Å². The van der Waals surface area contributed by atoms with E-state index in [9.17, 15) is 9.59 Å². The summed E-state index contributed by atoms with van der Waals surface area (Å²) in [5, 5.41) is 14.2. The molecule has 1 aromatic carbocycles. The van der Waals surface area contributed by atoms with Crippen LogP contribution in [0, 0.1) is 6.92 Å². The fraction of sp³-hybridized carbons (Fsp3) is 0.429. The minimum Gasteiger partial charge on any atom is -0.481 e. The standard InChI is InChI=1S/C14H19BrN2O3/c1-3-4-10(8-13(18)19)16-14(20)17-12-6-5-9(2)7-11(12)15/h5-7,10H,3-4,8H2,1-2H3,(H,18,19)(H2,16,17,20). The van der Waals surface area contributed by atoms with E-state index in [-0.39, 0.29) is 12.5 Å². The molecule has 0 aromatic heterocycles. The van der Waals surface area contributed by atoms with Crippen molar-refractivity contribution in [2.45, 2.75) is 39.2 Å². The molecule has 0 radical (unpaired) electrons. The molecule has 0 aliphatic heterocycles. The van der Waals surface area contributed by atoms with E-state index < -0.39 is 12.0 Å². The summed E-state index contributed by atoms with van der Waals surface area (Å²) in [5.74, 6) is -0.916. The van der Waals surface area contributed by atoms with Crippen LogP contribution in [0.5, 0.6) is 0 Å². The van der Waals surface area contributed by atoms with Crippen LogP contribution in [0.15, 0.2) is 22.7 Å². The summed E-state index contributed by atoms with van der Waals surface area (Å²) in [4.78, 5) is 22.6. The maximum atomic E-state index is 11.9. The number of carboxylic acid groups (broad SMARTS) is 1. The van der Waals surface area contributed by atoms with Gasteiger partial charge in [0.15, 0.2) is 0 Å². The Morgan fingerprint density at radius 1 is 1.40 bits per heavy atom. The molecule has 0 bridgehead atoms. The van der Waals surface area contributed by atoms with Gasteiger partial charge in [0.2, 0.25) is 0 Å². The zero-order valence-corrected chi connectivity index (χ0v) is 13.2.